The van der Waals surface area contributed by atoms with E-state index in [9.17, 15) is 4.79 Å². The second-order valence-corrected chi connectivity index (χ2v) is 7.28. The summed E-state index contributed by atoms with van der Waals surface area (Å²) < 4.78 is 10.9. The molecule has 2 atom stereocenters. The van der Waals surface area contributed by atoms with Gasteiger partial charge in [-0.15, -0.1) is 0 Å². The van der Waals surface area contributed by atoms with Crippen molar-refractivity contribution in [2.24, 2.45) is 5.92 Å². The van der Waals surface area contributed by atoms with E-state index in [1.807, 2.05) is 37.3 Å². The number of ether oxygens (including phenoxy) is 2. The summed E-state index contributed by atoms with van der Waals surface area (Å²) in [5.74, 6) is 0.850. The predicted molar refractivity (Wildman–Crippen MR) is 110 cm³/mol. The van der Waals surface area contributed by atoms with Gasteiger partial charge in [-0.05, 0) is 29.7 Å². The fraction of sp³-hybridized carbons (Fsp3) is 0.435. The van der Waals surface area contributed by atoms with E-state index >= 15 is 0 Å². The quantitative estimate of drug-likeness (QED) is 0.762. The first-order valence-electron chi connectivity index (χ1n) is 9.94. The average molecular weight is 383 g/mol. The molecule has 1 N–H and O–H groups in total. The summed E-state index contributed by atoms with van der Waals surface area (Å²) in [6, 6.07) is 18.4. The van der Waals surface area contributed by atoms with Gasteiger partial charge in [-0.1, -0.05) is 49.4 Å². The van der Waals surface area contributed by atoms with Crippen LogP contribution in [0, 0.1) is 5.92 Å². The van der Waals surface area contributed by atoms with Gasteiger partial charge in [0.05, 0.1) is 26.4 Å². The molecule has 0 radical (unpaired) electrons. The van der Waals surface area contributed by atoms with Gasteiger partial charge in [0.2, 0.25) is 5.91 Å². The van der Waals surface area contributed by atoms with Gasteiger partial charge >= 0.3 is 0 Å². The Morgan fingerprint density at radius 2 is 1.89 bits per heavy atom. The summed E-state index contributed by atoms with van der Waals surface area (Å²) in [6.45, 7) is 5.72. The van der Waals surface area contributed by atoms with Crippen LogP contribution in [0.5, 0.6) is 5.75 Å². The molecular weight excluding hydrogens is 352 g/mol. The summed E-state index contributed by atoms with van der Waals surface area (Å²) >= 11 is 0. The molecule has 1 fully saturated rings. The van der Waals surface area contributed by atoms with Crippen molar-refractivity contribution in [3.05, 3.63) is 65.7 Å². The van der Waals surface area contributed by atoms with Gasteiger partial charge in [0.25, 0.3) is 0 Å². The van der Waals surface area contributed by atoms with Crippen molar-refractivity contribution in [3.8, 4) is 5.75 Å². The van der Waals surface area contributed by atoms with Crippen LogP contribution in [0.25, 0.3) is 0 Å². The van der Waals surface area contributed by atoms with Crippen molar-refractivity contribution < 1.29 is 14.3 Å². The largest absolute Gasteiger partial charge is 0.497 e. The number of benzene rings is 2. The molecule has 0 saturated carbocycles. The van der Waals surface area contributed by atoms with E-state index in [0.29, 0.717) is 6.54 Å². The van der Waals surface area contributed by atoms with E-state index < -0.39 is 0 Å². The topological polar surface area (TPSA) is 50.8 Å². The van der Waals surface area contributed by atoms with Gasteiger partial charge in [0, 0.05) is 25.6 Å². The fourth-order valence-electron chi connectivity index (χ4n) is 3.63. The van der Waals surface area contributed by atoms with E-state index in [4.69, 9.17) is 9.47 Å². The Bertz CT molecular complexity index is 745. The lowest BCUT2D eigenvalue weighted by Gasteiger charge is -2.35. The van der Waals surface area contributed by atoms with Crippen LogP contribution in [-0.2, 0) is 16.0 Å². The lowest BCUT2D eigenvalue weighted by Crippen LogP contribution is -2.44. The molecule has 1 heterocycles. The van der Waals surface area contributed by atoms with Crippen molar-refractivity contribution in [2.75, 3.05) is 40.0 Å². The number of carbonyl (C=O) groups excluding carboxylic acids is 1. The summed E-state index contributed by atoms with van der Waals surface area (Å²) in [6.07, 6.45) is 0.744. The molecule has 1 saturated heterocycles. The van der Waals surface area contributed by atoms with Crippen molar-refractivity contribution in [2.45, 2.75) is 19.4 Å². The molecule has 0 bridgehead atoms. The molecule has 1 aliphatic rings. The van der Waals surface area contributed by atoms with Crippen LogP contribution in [0.1, 0.15) is 24.1 Å². The Hall–Kier alpha value is -2.37. The molecule has 2 aromatic rings. The minimum Gasteiger partial charge on any atom is -0.497 e. The summed E-state index contributed by atoms with van der Waals surface area (Å²) in [5, 5.41) is 3.17. The minimum atomic E-state index is -0.0713. The number of amides is 1. The molecule has 2 aromatic carbocycles. The van der Waals surface area contributed by atoms with E-state index in [1.54, 1.807) is 7.11 Å². The summed E-state index contributed by atoms with van der Waals surface area (Å²) in [7, 11) is 1.68. The Balaban J connectivity index is 1.65. The maximum Gasteiger partial charge on any atom is 0.223 e. The fourth-order valence-corrected chi connectivity index (χ4v) is 3.63. The Labute approximate surface area is 167 Å². The zero-order valence-corrected chi connectivity index (χ0v) is 16.8. The second kappa shape index (κ2) is 10.2. The first kappa shape index (κ1) is 20.4. The summed E-state index contributed by atoms with van der Waals surface area (Å²) in [4.78, 5) is 15.1. The molecule has 1 amide bonds. The molecule has 2 unspecified atom stereocenters. The van der Waals surface area contributed by atoms with Gasteiger partial charge < -0.3 is 14.8 Å². The van der Waals surface area contributed by atoms with Crippen LogP contribution in [0.3, 0.4) is 0 Å². The van der Waals surface area contributed by atoms with E-state index in [-0.39, 0.29) is 17.9 Å². The second-order valence-electron chi connectivity index (χ2n) is 7.28. The van der Waals surface area contributed by atoms with E-state index in [1.165, 1.54) is 5.56 Å². The highest BCUT2D eigenvalue weighted by atomic mass is 16.5. The molecule has 150 valence electrons. The number of hydrogen-bond acceptors (Lipinski definition) is 4. The van der Waals surface area contributed by atoms with Crippen molar-refractivity contribution in [3.63, 3.8) is 0 Å². The molecule has 5 nitrogen and oxygen atoms in total. The van der Waals surface area contributed by atoms with Gasteiger partial charge in [-0.2, -0.15) is 0 Å². The number of methoxy groups -OCH3 is 1. The highest BCUT2D eigenvalue weighted by molar-refractivity contribution is 5.78. The molecular formula is C23H30N2O3. The molecule has 3 rings (SSSR count). The number of carbonyl (C=O) groups is 1. The maximum absolute atomic E-state index is 12.7. The van der Waals surface area contributed by atoms with Crippen LogP contribution in [0.15, 0.2) is 54.6 Å². The van der Waals surface area contributed by atoms with E-state index in [0.717, 1.165) is 44.0 Å². The standard InChI is InChI=1S/C23H30N2O3/c1-18(15-19-7-4-3-5-8-19)23(26)24-17-22(25-11-13-28-14-12-25)20-9-6-10-21(16-20)27-2/h3-10,16,18,22H,11-15,17H2,1-2H3,(H,24,26). The molecule has 28 heavy (non-hydrogen) atoms. The lowest BCUT2D eigenvalue weighted by molar-refractivity contribution is -0.124. The maximum atomic E-state index is 12.7. The van der Waals surface area contributed by atoms with Crippen molar-refractivity contribution in [1.29, 1.82) is 0 Å². The highest BCUT2D eigenvalue weighted by Gasteiger charge is 2.24. The number of nitrogens with zero attached hydrogens (tertiary/aromatic N) is 1. The van der Waals surface area contributed by atoms with Gasteiger partial charge in [-0.25, -0.2) is 0 Å². The number of nitrogens with one attached hydrogen (secondary N) is 1. The third kappa shape index (κ3) is 5.57. The zero-order valence-electron chi connectivity index (χ0n) is 16.8. The smallest absolute Gasteiger partial charge is 0.223 e. The van der Waals surface area contributed by atoms with Crippen molar-refractivity contribution >= 4 is 5.91 Å². The van der Waals surface area contributed by atoms with Crippen LogP contribution in [0.2, 0.25) is 0 Å². The minimum absolute atomic E-state index is 0.0713. The molecule has 0 aromatic heterocycles. The Kier molecular flexibility index (Phi) is 7.46. The normalized spacial score (nSPS) is 16.9. The number of rotatable bonds is 8. The monoisotopic (exact) mass is 382 g/mol. The zero-order chi connectivity index (χ0) is 19.8. The summed E-state index contributed by atoms with van der Waals surface area (Å²) in [5.41, 5.74) is 2.33. The first-order chi connectivity index (χ1) is 13.7. The van der Waals surface area contributed by atoms with Gasteiger partial charge in [0.15, 0.2) is 0 Å². The lowest BCUT2D eigenvalue weighted by atomic mass is 9.99. The van der Waals surface area contributed by atoms with Crippen LogP contribution in [-0.4, -0.2) is 50.8 Å². The third-order valence-corrected chi connectivity index (χ3v) is 5.27. The molecule has 0 spiro atoms. The third-order valence-electron chi connectivity index (χ3n) is 5.27. The molecule has 5 heteroatoms. The van der Waals surface area contributed by atoms with Gasteiger partial charge in [0.1, 0.15) is 5.75 Å². The van der Waals surface area contributed by atoms with Crippen LogP contribution in [0.4, 0.5) is 0 Å². The number of morpholine rings is 1. The predicted octanol–water partition coefficient (Wildman–Crippen LogP) is 3.06. The Morgan fingerprint density at radius 1 is 1.14 bits per heavy atom. The van der Waals surface area contributed by atoms with Gasteiger partial charge in [-0.3, -0.25) is 9.69 Å². The van der Waals surface area contributed by atoms with Crippen LogP contribution < -0.4 is 10.1 Å². The molecule has 1 aliphatic heterocycles. The van der Waals surface area contributed by atoms with Crippen LogP contribution >= 0.6 is 0 Å². The molecule has 0 aliphatic carbocycles. The Morgan fingerprint density at radius 3 is 2.61 bits per heavy atom. The highest BCUT2D eigenvalue weighted by Crippen LogP contribution is 2.25. The SMILES string of the molecule is COc1cccc(C(CNC(=O)C(C)Cc2ccccc2)N2CCOCC2)c1. The van der Waals surface area contributed by atoms with E-state index in [2.05, 4.69) is 34.5 Å². The number of hydrogen-bond donors (Lipinski definition) is 1. The van der Waals surface area contributed by atoms with Crippen molar-refractivity contribution in [1.82, 2.24) is 10.2 Å². The average Bonchev–Trinajstić information content (AvgIpc) is 2.75. The first-order valence-corrected chi connectivity index (χ1v) is 9.94.